The van der Waals surface area contributed by atoms with Gasteiger partial charge in [-0.25, -0.2) is 0 Å². The lowest BCUT2D eigenvalue weighted by Gasteiger charge is -2.36. The van der Waals surface area contributed by atoms with Gasteiger partial charge in [0.1, 0.15) is 0 Å². The average Bonchev–Trinajstić information content (AvgIpc) is 2.69. The maximum atomic E-state index is 3.50. The van der Waals surface area contributed by atoms with E-state index in [1.807, 2.05) is 0 Å². The van der Waals surface area contributed by atoms with Gasteiger partial charge in [0.2, 0.25) is 0 Å². The van der Waals surface area contributed by atoms with E-state index < -0.39 is 0 Å². The minimum absolute atomic E-state index is 0.525. The molecule has 3 aromatic rings. The summed E-state index contributed by atoms with van der Waals surface area (Å²) in [7, 11) is 0. The second kappa shape index (κ2) is 7.55. The van der Waals surface area contributed by atoms with Crippen LogP contribution in [0.3, 0.4) is 0 Å². The Kier molecular flexibility index (Phi) is 5.00. The zero-order valence-corrected chi connectivity index (χ0v) is 15.2. The van der Waals surface area contributed by atoms with Crippen LogP contribution in [-0.2, 0) is 0 Å². The summed E-state index contributed by atoms with van der Waals surface area (Å²) in [5, 5.41) is 9.07. The van der Waals surface area contributed by atoms with Crippen LogP contribution in [0.1, 0.15) is 37.8 Å². The van der Waals surface area contributed by atoms with Gasteiger partial charge in [-0.2, -0.15) is 0 Å². The van der Waals surface area contributed by atoms with Gasteiger partial charge in [-0.1, -0.05) is 68.3 Å². The first-order valence-electron chi connectivity index (χ1n) is 9.73. The van der Waals surface area contributed by atoms with Crippen LogP contribution < -0.4 is 5.32 Å². The lowest BCUT2D eigenvalue weighted by atomic mass is 9.90. The van der Waals surface area contributed by atoms with Gasteiger partial charge in [0.15, 0.2) is 0 Å². The second-order valence-electron chi connectivity index (χ2n) is 7.18. The fourth-order valence-corrected chi connectivity index (χ4v) is 4.28. The molecule has 25 heavy (non-hydrogen) atoms. The third-order valence-corrected chi connectivity index (χ3v) is 5.58. The molecule has 1 heterocycles. The third-order valence-electron chi connectivity index (χ3n) is 5.58. The van der Waals surface area contributed by atoms with Gasteiger partial charge in [-0.3, -0.25) is 4.90 Å². The molecule has 0 aliphatic carbocycles. The largest absolute Gasteiger partial charge is 0.314 e. The van der Waals surface area contributed by atoms with Gasteiger partial charge in [-0.05, 0) is 39.6 Å². The number of benzene rings is 3. The fraction of sp³-hybridized carbons (Fsp3) is 0.391. The summed E-state index contributed by atoms with van der Waals surface area (Å²) in [6, 6.07) is 20.8. The topological polar surface area (TPSA) is 15.3 Å². The van der Waals surface area contributed by atoms with Gasteiger partial charge in [0.05, 0.1) is 0 Å². The lowest BCUT2D eigenvalue weighted by Crippen LogP contribution is -2.45. The number of nitrogens with one attached hydrogen (secondary N) is 1. The molecule has 1 aliphatic rings. The molecule has 0 aromatic heterocycles. The van der Waals surface area contributed by atoms with Crippen molar-refractivity contribution in [1.82, 2.24) is 10.2 Å². The molecule has 0 unspecified atom stereocenters. The molecule has 0 saturated carbocycles. The number of nitrogens with zero attached hydrogens (tertiary/aromatic N) is 1. The smallest absolute Gasteiger partial charge is 0.0355 e. The van der Waals surface area contributed by atoms with E-state index >= 15 is 0 Å². The Morgan fingerprint density at radius 1 is 0.920 bits per heavy atom. The number of hydrogen-bond acceptors (Lipinski definition) is 2. The molecule has 1 atom stereocenters. The van der Waals surface area contributed by atoms with E-state index in [0.717, 1.165) is 26.2 Å². The van der Waals surface area contributed by atoms with E-state index in [4.69, 9.17) is 0 Å². The van der Waals surface area contributed by atoms with Crippen LogP contribution in [0, 0.1) is 0 Å². The van der Waals surface area contributed by atoms with Crippen LogP contribution in [0.15, 0.2) is 54.6 Å². The minimum atomic E-state index is 0.525. The molecular weight excluding hydrogens is 304 g/mol. The van der Waals surface area contributed by atoms with Crippen LogP contribution >= 0.6 is 0 Å². The Balaban J connectivity index is 1.88. The first kappa shape index (κ1) is 16.6. The van der Waals surface area contributed by atoms with Crippen molar-refractivity contribution in [2.24, 2.45) is 0 Å². The molecule has 130 valence electrons. The number of fused-ring (bicyclic) bond motifs is 3. The first-order valence-corrected chi connectivity index (χ1v) is 9.73. The third kappa shape index (κ3) is 3.29. The van der Waals surface area contributed by atoms with Crippen LogP contribution in [0.5, 0.6) is 0 Å². The lowest BCUT2D eigenvalue weighted by molar-refractivity contribution is 0.164. The fourth-order valence-electron chi connectivity index (χ4n) is 4.28. The number of unbranched alkanes of at least 4 members (excludes halogenated alkanes) is 1. The second-order valence-corrected chi connectivity index (χ2v) is 7.18. The molecule has 0 radical (unpaired) electrons. The summed E-state index contributed by atoms with van der Waals surface area (Å²) < 4.78 is 0. The zero-order chi connectivity index (χ0) is 17.1. The van der Waals surface area contributed by atoms with Gasteiger partial charge in [-0.15, -0.1) is 0 Å². The molecule has 2 heteroatoms. The van der Waals surface area contributed by atoms with Crippen molar-refractivity contribution in [3.8, 4) is 0 Å². The summed E-state index contributed by atoms with van der Waals surface area (Å²) in [6.07, 6.45) is 3.79. The molecule has 1 N–H and O–H groups in total. The van der Waals surface area contributed by atoms with Gasteiger partial charge in [0.25, 0.3) is 0 Å². The number of rotatable bonds is 5. The quantitative estimate of drug-likeness (QED) is 0.652. The number of hydrogen-bond donors (Lipinski definition) is 1. The van der Waals surface area contributed by atoms with E-state index in [2.05, 4.69) is 71.7 Å². The molecular formula is C23H28N2. The maximum Gasteiger partial charge on any atom is 0.0355 e. The zero-order valence-electron chi connectivity index (χ0n) is 15.2. The predicted molar refractivity (Wildman–Crippen MR) is 108 cm³/mol. The van der Waals surface area contributed by atoms with Crippen molar-refractivity contribution >= 4 is 21.5 Å². The Labute approximate surface area is 150 Å². The van der Waals surface area contributed by atoms with Gasteiger partial charge >= 0.3 is 0 Å². The molecule has 3 aromatic carbocycles. The summed E-state index contributed by atoms with van der Waals surface area (Å²) in [6.45, 7) is 6.81. The summed E-state index contributed by atoms with van der Waals surface area (Å²) in [4.78, 5) is 2.70. The molecule has 0 amide bonds. The normalized spacial score (nSPS) is 17.2. The highest BCUT2D eigenvalue weighted by molar-refractivity contribution is 6.09. The standard InChI is InChI=1S/C23H28N2/c1-2-3-12-23(25-15-13-24-14-16-25)22-17-18-8-4-5-9-19(18)20-10-6-7-11-21(20)22/h4-11,17,23-24H,2-3,12-16H2,1H3/t23-/m0/s1. The summed E-state index contributed by atoms with van der Waals surface area (Å²) in [5.74, 6) is 0. The highest BCUT2D eigenvalue weighted by atomic mass is 15.2. The van der Waals surface area contributed by atoms with E-state index in [1.54, 1.807) is 0 Å². The predicted octanol–water partition coefficient (Wildman–Crippen LogP) is 5.13. The van der Waals surface area contributed by atoms with Crippen LogP contribution in [0.25, 0.3) is 21.5 Å². The van der Waals surface area contributed by atoms with E-state index in [0.29, 0.717) is 6.04 Å². The van der Waals surface area contributed by atoms with Gasteiger partial charge in [0, 0.05) is 32.2 Å². The van der Waals surface area contributed by atoms with Crippen molar-refractivity contribution < 1.29 is 0 Å². The number of piperazine rings is 1. The van der Waals surface area contributed by atoms with Crippen LogP contribution in [-0.4, -0.2) is 31.1 Å². The van der Waals surface area contributed by atoms with Crippen molar-refractivity contribution in [2.75, 3.05) is 26.2 Å². The molecule has 1 aliphatic heterocycles. The van der Waals surface area contributed by atoms with E-state index in [-0.39, 0.29) is 0 Å². The Morgan fingerprint density at radius 3 is 2.36 bits per heavy atom. The highest BCUT2D eigenvalue weighted by Crippen LogP contribution is 2.36. The Morgan fingerprint density at radius 2 is 1.60 bits per heavy atom. The monoisotopic (exact) mass is 332 g/mol. The first-order chi connectivity index (χ1) is 12.4. The van der Waals surface area contributed by atoms with Crippen molar-refractivity contribution in [1.29, 1.82) is 0 Å². The minimum Gasteiger partial charge on any atom is -0.314 e. The van der Waals surface area contributed by atoms with Crippen molar-refractivity contribution in [2.45, 2.75) is 32.2 Å². The van der Waals surface area contributed by atoms with E-state index in [9.17, 15) is 0 Å². The van der Waals surface area contributed by atoms with Crippen LogP contribution in [0.4, 0.5) is 0 Å². The summed E-state index contributed by atoms with van der Waals surface area (Å²) >= 11 is 0. The van der Waals surface area contributed by atoms with Crippen molar-refractivity contribution in [3.63, 3.8) is 0 Å². The van der Waals surface area contributed by atoms with Gasteiger partial charge < -0.3 is 5.32 Å². The van der Waals surface area contributed by atoms with Crippen LogP contribution in [0.2, 0.25) is 0 Å². The van der Waals surface area contributed by atoms with Crippen molar-refractivity contribution in [3.05, 3.63) is 60.2 Å². The Hall–Kier alpha value is -1.90. The van der Waals surface area contributed by atoms with E-state index in [1.165, 1.54) is 46.4 Å². The molecule has 2 nitrogen and oxygen atoms in total. The average molecular weight is 332 g/mol. The SMILES string of the molecule is CCCC[C@@H](c1cc2ccccc2c2ccccc12)N1CCNCC1. The summed E-state index contributed by atoms with van der Waals surface area (Å²) in [5.41, 5.74) is 1.52. The molecule has 1 fully saturated rings. The molecule has 4 rings (SSSR count). The highest BCUT2D eigenvalue weighted by Gasteiger charge is 2.23. The molecule has 0 bridgehead atoms. The molecule has 1 saturated heterocycles. The molecule has 0 spiro atoms. The maximum absolute atomic E-state index is 3.50. The Bertz CT molecular complexity index is 849.